The summed E-state index contributed by atoms with van der Waals surface area (Å²) in [5.74, 6) is -0.407. The number of hydrogen-bond acceptors (Lipinski definition) is 3. The van der Waals surface area contributed by atoms with Crippen LogP contribution in [0.2, 0.25) is 0 Å². The molecule has 0 rings (SSSR count). The van der Waals surface area contributed by atoms with Crippen molar-refractivity contribution in [3.05, 3.63) is 0 Å². The first-order valence-electron chi connectivity index (χ1n) is 4.77. The van der Waals surface area contributed by atoms with Crippen LogP contribution in [0.3, 0.4) is 0 Å². The molecule has 2 amide bonds. The van der Waals surface area contributed by atoms with Crippen LogP contribution < -0.4 is 10.6 Å². The molecule has 14 heavy (non-hydrogen) atoms. The molecule has 5 nitrogen and oxygen atoms in total. The Labute approximate surface area is 83.9 Å². The lowest BCUT2D eigenvalue weighted by molar-refractivity contribution is -0.126. The zero-order valence-corrected chi connectivity index (χ0v) is 8.67. The summed E-state index contributed by atoms with van der Waals surface area (Å²) in [5, 5.41) is 13.6. The molecule has 5 heteroatoms. The van der Waals surface area contributed by atoms with Gasteiger partial charge in [0.1, 0.15) is 0 Å². The zero-order chi connectivity index (χ0) is 11.0. The summed E-state index contributed by atoms with van der Waals surface area (Å²) in [6, 6.07) is -0.273. The van der Waals surface area contributed by atoms with Crippen molar-refractivity contribution >= 4 is 11.8 Å². The third-order valence-electron chi connectivity index (χ3n) is 1.60. The minimum absolute atomic E-state index is 0.0246. The molecule has 0 aromatic rings. The SMILES string of the molecule is CCCC(=O)NCC(=O)NC(C)CO. The number of rotatable bonds is 6. The van der Waals surface area contributed by atoms with E-state index in [0.29, 0.717) is 6.42 Å². The number of amides is 2. The minimum atomic E-state index is -0.281. The highest BCUT2D eigenvalue weighted by Gasteiger charge is 2.07. The summed E-state index contributed by atoms with van der Waals surface area (Å²) < 4.78 is 0. The molecular weight excluding hydrogens is 184 g/mol. The molecule has 0 aliphatic carbocycles. The van der Waals surface area contributed by atoms with Crippen molar-refractivity contribution in [3.8, 4) is 0 Å². The van der Waals surface area contributed by atoms with Gasteiger partial charge in [-0.2, -0.15) is 0 Å². The topological polar surface area (TPSA) is 78.4 Å². The largest absolute Gasteiger partial charge is 0.394 e. The van der Waals surface area contributed by atoms with Crippen LogP contribution in [0.25, 0.3) is 0 Å². The lowest BCUT2D eigenvalue weighted by atomic mass is 10.3. The molecule has 0 aromatic carbocycles. The molecule has 82 valence electrons. The molecule has 0 saturated heterocycles. The predicted octanol–water partition coefficient (Wildman–Crippen LogP) is -0.600. The molecular formula is C9H18N2O3. The molecule has 0 aliphatic rings. The normalized spacial score (nSPS) is 11.9. The van der Waals surface area contributed by atoms with E-state index in [9.17, 15) is 9.59 Å². The average Bonchev–Trinajstić information content (AvgIpc) is 2.15. The molecule has 0 aliphatic heterocycles. The molecule has 0 aromatic heterocycles. The maximum absolute atomic E-state index is 11.1. The maximum Gasteiger partial charge on any atom is 0.239 e. The van der Waals surface area contributed by atoms with Crippen LogP contribution in [0.5, 0.6) is 0 Å². The van der Waals surface area contributed by atoms with E-state index in [1.807, 2.05) is 6.92 Å². The Kier molecular flexibility index (Phi) is 6.74. The van der Waals surface area contributed by atoms with Crippen molar-refractivity contribution in [3.63, 3.8) is 0 Å². The Bertz CT molecular complexity index is 194. The van der Waals surface area contributed by atoms with Crippen molar-refractivity contribution in [2.24, 2.45) is 0 Å². The van der Waals surface area contributed by atoms with E-state index in [4.69, 9.17) is 5.11 Å². The van der Waals surface area contributed by atoms with Gasteiger partial charge in [0.15, 0.2) is 0 Å². The standard InChI is InChI=1S/C9H18N2O3/c1-3-4-8(13)10-5-9(14)11-7(2)6-12/h7,12H,3-6H2,1-2H3,(H,10,13)(H,11,14). The van der Waals surface area contributed by atoms with Gasteiger partial charge < -0.3 is 15.7 Å². The van der Waals surface area contributed by atoms with E-state index in [-0.39, 0.29) is 31.0 Å². The van der Waals surface area contributed by atoms with Gasteiger partial charge in [0.25, 0.3) is 0 Å². The molecule has 0 fully saturated rings. The molecule has 1 unspecified atom stereocenters. The van der Waals surface area contributed by atoms with Crippen molar-refractivity contribution in [1.82, 2.24) is 10.6 Å². The summed E-state index contributed by atoms with van der Waals surface area (Å²) in [6.45, 7) is 3.46. The Morgan fingerprint density at radius 1 is 1.36 bits per heavy atom. The maximum atomic E-state index is 11.1. The number of nitrogens with one attached hydrogen (secondary N) is 2. The third-order valence-corrected chi connectivity index (χ3v) is 1.60. The van der Waals surface area contributed by atoms with Crippen molar-refractivity contribution in [2.75, 3.05) is 13.2 Å². The van der Waals surface area contributed by atoms with Crippen molar-refractivity contribution in [2.45, 2.75) is 32.7 Å². The Morgan fingerprint density at radius 2 is 2.00 bits per heavy atom. The van der Waals surface area contributed by atoms with Gasteiger partial charge in [-0.15, -0.1) is 0 Å². The number of carbonyl (C=O) groups excluding carboxylic acids is 2. The van der Waals surface area contributed by atoms with Gasteiger partial charge in [-0.05, 0) is 13.3 Å². The minimum Gasteiger partial charge on any atom is -0.394 e. The summed E-state index contributed by atoms with van der Waals surface area (Å²) in [4.78, 5) is 22.0. The fourth-order valence-corrected chi connectivity index (χ4v) is 0.866. The molecule has 0 bridgehead atoms. The van der Waals surface area contributed by atoms with Crippen LogP contribution in [-0.2, 0) is 9.59 Å². The highest BCUT2D eigenvalue weighted by atomic mass is 16.3. The van der Waals surface area contributed by atoms with Crippen LogP contribution in [0.1, 0.15) is 26.7 Å². The number of hydrogen-bond donors (Lipinski definition) is 3. The molecule has 3 N–H and O–H groups in total. The molecule has 0 radical (unpaired) electrons. The second-order valence-corrected chi connectivity index (χ2v) is 3.18. The summed E-state index contributed by atoms with van der Waals surface area (Å²) in [7, 11) is 0. The van der Waals surface area contributed by atoms with E-state index in [2.05, 4.69) is 10.6 Å². The molecule has 0 saturated carbocycles. The van der Waals surface area contributed by atoms with E-state index < -0.39 is 0 Å². The Morgan fingerprint density at radius 3 is 2.50 bits per heavy atom. The van der Waals surface area contributed by atoms with Crippen molar-refractivity contribution < 1.29 is 14.7 Å². The first-order chi connectivity index (χ1) is 6.60. The lowest BCUT2D eigenvalue weighted by Gasteiger charge is -2.10. The quantitative estimate of drug-likeness (QED) is 0.538. The van der Waals surface area contributed by atoms with Gasteiger partial charge >= 0.3 is 0 Å². The zero-order valence-electron chi connectivity index (χ0n) is 8.67. The summed E-state index contributed by atoms with van der Waals surface area (Å²) >= 11 is 0. The number of carbonyl (C=O) groups is 2. The van der Waals surface area contributed by atoms with Gasteiger partial charge in [-0.3, -0.25) is 9.59 Å². The van der Waals surface area contributed by atoms with Gasteiger partial charge in [-0.1, -0.05) is 6.92 Å². The van der Waals surface area contributed by atoms with Gasteiger partial charge in [0.2, 0.25) is 11.8 Å². The van der Waals surface area contributed by atoms with E-state index in [0.717, 1.165) is 6.42 Å². The van der Waals surface area contributed by atoms with E-state index >= 15 is 0 Å². The summed E-state index contributed by atoms with van der Waals surface area (Å²) in [6.07, 6.45) is 1.20. The highest BCUT2D eigenvalue weighted by Crippen LogP contribution is 1.85. The average molecular weight is 202 g/mol. The molecule has 0 heterocycles. The fourth-order valence-electron chi connectivity index (χ4n) is 0.866. The van der Waals surface area contributed by atoms with Gasteiger partial charge in [0.05, 0.1) is 13.2 Å². The summed E-state index contributed by atoms with van der Waals surface area (Å²) in [5.41, 5.74) is 0. The van der Waals surface area contributed by atoms with Crippen LogP contribution in [0.4, 0.5) is 0 Å². The number of aliphatic hydroxyl groups is 1. The fraction of sp³-hybridized carbons (Fsp3) is 0.778. The van der Waals surface area contributed by atoms with Gasteiger partial charge in [0, 0.05) is 12.5 Å². The highest BCUT2D eigenvalue weighted by molar-refractivity contribution is 5.84. The Hall–Kier alpha value is -1.10. The van der Waals surface area contributed by atoms with Crippen LogP contribution in [0, 0.1) is 0 Å². The second-order valence-electron chi connectivity index (χ2n) is 3.18. The third kappa shape index (κ3) is 6.42. The Balaban J connectivity index is 3.58. The van der Waals surface area contributed by atoms with Crippen LogP contribution >= 0.6 is 0 Å². The predicted molar refractivity (Wildman–Crippen MR) is 52.6 cm³/mol. The first-order valence-corrected chi connectivity index (χ1v) is 4.77. The smallest absolute Gasteiger partial charge is 0.239 e. The van der Waals surface area contributed by atoms with Crippen molar-refractivity contribution in [1.29, 1.82) is 0 Å². The lowest BCUT2D eigenvalue weighted by Crippen LogP contribution is -2.42. The monoisotopic (exact) mass is 202 g/mol. The van der Waals surface area contributed by atoms with Gasteiger partial charge in [-0.25, -0.2) is 0 Å². The number of aliphatic hydroxyl groups excluding tert-OH is 1. The first kappa shape index (κ1) is 12.9. The van der Waals surface area contributed by atoms with E-state index in [1.165, 1.54) is 0 Å². The molecule has 0 spiro atoms. The van der Waals surface area contributed by atoms with E-state index in [1.54, 1.807) is 6.92 Å². The van der Waals surface area contributed by atoms with Crippen LogP contribution in [0.15, 0.2) is 0 Å². The second kappa shape index (κ2) is 7.32. The molecule has 1 atom stereocenters. The van der Waals surface area contributed by atoms with Crippen LogP contribution in [-0.4, -0.2) is 36.1 Å².